The van der Waals surface area contributed by atoms with Crippen molar-refractivity contribution in [3.05, 3.63) is 65.2 Å². The van der Waals surface area contributed by atoms with Gasteiger partial charge < -0.3 is 10.2 Å². The van der Waals surface area contributed by atoms with Crippen LogP contribution in [0.25, 0.3) is 0 Å². The Hall–Kier alpha value is -2.62. The van der Waals surface area contributed by atoms with Crippen molar-refractivity contribution in [3.8, 4) is 0 Å². The molecule has 0 bridgehead atoms. The van der Waals surface area contributed by atoms with Crippen LogP contribution >= 0.6 is 11.6 Å². The van der Waals surface area contributed by atoms with Gasteiger partial charge in [-0.1, -0.05) is 41.9 Å². The van der Waals surface area contributed by atoms with E-state index >= 15 is 0 Å². The normalized spacial score (nSPS) is 12.3. The van der Waals surface area contributed by atoms with Gasteiger partial charge in [-0.05, 0) is 43.7 Å². The van der Waals surface area contributed by atoms with Crippen molar-refractivity contribution in [1.82, 2.24) is 14.5 Å². The number of rotatable bonds is 10. The van der Waals surface area contributed by atoms with E-state index in [-0.39, 0.29) is 12.5 Å². The molecule has 2 aromatic rings. The molecular weight excluding hydrogens is 452 g/mol. The molecule has 1 unspecified atom stereocenters. The Bertz CT molecular complexity index is 1010. The van der Waals surface area contributed by atoms with Gasteiger partial charge in [-0.2, -0.15) is 12.7 Å². The molecule has 10 heteroatoms. The average Bonchev–Trinajstić information content (AvgIpc) is 2.77. The van der Waals surface area contributed by atoms with Gasteiger partial charge in [-0.15, -0.1) is 0 Å². The van der Waals surface area contributed by atoms with Gasteiger partial charge in [0, 0.05) is 32.2 Å². The molecule has 0 saturated heterocycles. The maximum Gasteiger partial charge on any atom is 0.304 e. The highest BCUT2D eigenvalue weighted by atomic mass is 35.5. The minimum absolute atomic E-state index is 0.124. The SMILES string of the molecule is CCNC(=O)C(C)N(Cc1ccc(Cl)cc1)C(=O)CN(c1ccccc1)S(=O)(=O)N(C)C. The lowest BCUT2D eigenvalue weighted by Gasteiger charge is -2.32. The Kier molecular flexibility index (Phi) is 9.06. The number of nitrogens with one attached hydrogen (secondary N) is 1. The first-order chi connectivity index (χ1) is 15.1. The topological polar surface area (TPSA) is 90.0 Å². The van der Waals surface area contributed by atoms with Crippen LogP contribution < -0.4 is 9.62 Å². The van der Waals surface area contributed by atoms with E-state index in [1.165, 1.54) is 19.0 Å². The quantitative estimate of drug-likeness (QED) is 0.565. The molecule has 32 heavy (non-hydrogen) atoms. The maximum absolute atomic E-state index is 13.4. The van der Waals surface area contributed by atoms with E-state index in [0.717, 1.165) is 14.2 Å². The zero-order chi connectivity index (χ0) is 23.9. The molecule has 0 aromatic heterocycles. The molecule has 2 aromatic carbocycles. The number of likely N-dealkylation sites (N-methyl/N-ethyl adjacent to an activating group) is 1. The summed E-state index contributed by atoms with van der Waals surface area (Å²) >= 11 is 5.96. The van der Waals surface area contributed by atoms with Crippen LogP contribution in [0.3, 0.4) is 0 Å². The van der Waals surface area contributed by atoms with E-state index in [2.05, 4.69) is 5.32 Å². The fraction of sp³-hybridized carbons (Fsp3) is 0.364. The summed E-state index contributed by atoms with van der Waals surface area (Å²) in [5.74, 6) is -0.829. The lowest BCUT2D eigenvalue weighted by molar-refractivity contribution is -0.139. The van der Waals surface area contributed by atoms with Gasteiger partial charge in [0.2, 0.25) is 11.8 Å². The van der Waals surface area contributed by atoms with Gasteiger partial charge in [0.15, 0.2) is 0 Å². The largest absolute Gasteiger partial charge is 0.355 e. The fourth-order valence-electron chi connectivity index (χ4n) is 3.00. The van der Waals surface area contributed by atoms with Crippen molar-refractivity contribution >= 4 is 39.3 Å². The number of anilines is 1. The molecule has 0 radical (unpaired) electrons. The summed E-state index contributed by atoms with van der Waals surface area (Å²) in [5, 5.41) is 3.27. The van der Waals surface area contributed by atoms with Crippen molar-refractivity contribution in [2.45, 2.75) is 26.4 Å². The van der Waals surface area contributed by atoms with E-state index in [0.29, 0.717) is 17.3 Å². The van der Waals surface area contributed by atoms with Crippen molar-refractivity contribution < 1.29 is 18.0 Å². The fourth-order valence-corrected chi connectivity index (χ4v) is 4.18. The van der Waals surface area contributed by atoms with Crippen LogP contribution in [0.4, 0.5) is 5.69 Å². The third-order valence-corrected chi connectivity index (χ3v) is 6.92. The minimum atomic E-state index is -3.95. The Morgan fingerprint density at radius 2 is 1.62 bits per heavy atom. The van der Waals surface area contributed by atoms with E-state index in [9.17, 15) is 18.0 Å². The predicted molar refractivity (Wildman–Crippen MR) is 127 cm³/mol. The molecule has 1 atom stereocenters. The van der Waals surface area contributed by atoms with E-state index < -0.39 is 28.7 Å². The van der Waals surface area contributed by atoms with Crippen LogP contribution in [-0.4, -0.2) is 62.7 Å². The van der Waals surface area contributed by atoms with E-state index in [1.807, 2.05) is 0 Å². The summed E-state index contributed by atoms with van der Waals surface area (Å²) in [6.07, 6.45) is 0. The van der Waals surface area contributed by atoms with Crippen LogP contribution in [-0.2, 0) is 26.3 Å². The average molecular weight is 481 g/mol. The third-order valence-electron chi connectivity index (χ3n) is 4.85. The highest BCUT2D eigenvalue weighted by Gasteiger charge is 2.32. The van der Waals surface area contributed by atoms with Gasteiger partial charge in [0.1, 0.15) is 12.6 Å². The van der Waals surface area contributed by atoms with Crippen LogP contribution in [0.15, 0.2) is 54.6 Å². The first kappa shape index (κ1) is 25.6. The third kappa shape index (κ3) is 6.44. The van der Waals surface area contributed by atoms with E-state index in [4.69, 9.17) is 11.6 Å². The van der Waals surface area contributed by atoms with Gasteiger partial charge in [0.05, 0.1) is 5.69 Å². The second-order valence-corrected chi connectivity index (χ2v) is 9.85. The summed E-state index contributed by atoms with van der Waals surface area (Å²) < 4.78 is 28.0. The van der Waals surface area contributed by atoms with Crippen molar-refractivity contribution in [3.63, 3.8) is 0 Å². The number of halogens is 1. The molecule has 0 aliphatic rings. The zero-order valence-corrected chi connectivity index (χ0v) is 20.2. The molecule has 8 nitrogen and oxygen atoms in total. The number of benzene rings is 2. The van der Waals surface area contributed by atoms with E-state index in [1.54, 1.807) is 68.4 Å². The van der Waals surface area contributed by atoms with Crippen molar-refractivity contribution in [2.24, 2.45) is 0 Å². The highest BCUT2D eigenvalue weighted by Crippen LogP contribution is 2.20. The molecule has 174 valence electrons. The molecule has 0 aliphatic carbocycles. The van der Waals surface area contributed by atoms with Gasteiger partial charge in [0.25, 0.3) is 0 Å². The number of carbonyl (C=O) groups is 2. The minimum Gasteiger partial charge on any atom is -0.355 e. The number of amides is 2. The van der Waals surface area contributed by atoms with Crippen LogP contribution in [0, 0.1) is 0 Å². The molecule has 0 heterocycles. The molecule has 1 N–H and O–H groups in total. The number of hydrogen-bond donors (Lipinski definition) is 1. The highest BCUT2D eigenvalue weighted by molar-refractivity contribution is 7.90. The lowest BCUT2D eigenvalue weighted by atomic mass is 10.1. The smallest absolute Gasteiger partial charge is 0.304 e. The van der Waals surface area contributed by atoms with Gasteiger partial charge in [-0.25, -0.2) is 4.31 Å². The standard InChI is InChI=1S/C22H29ClN4O4S/c1-5-24-22(29)17(2)26(15-18-11-13-19(23)14-12-18)21(28)16-27(32(30,31)25(3)4)20-9-7-6-8-10-20/h6-14,17H,5,15-16H2,1-4H3,(H,24,29). The first-order valence-electron chi connectivity index (χ1n) is 10.1. The molecule has 0 spiro atoms. The second kappa shape index (κ2) is 11.3. The van der Waals surface area contributed by atoms with Crippen LogP contribution in [0.1, 0.15) is 19.4 Å². The maximum atomic E-state index is 13.4. The second-order valence-electron chi connectivity index (χ2n) is 7.35. The number of hydrogen-bond acceptors (Lipinski definition) is 4. The number of carbonyl (C=O) groups excluding carboxylic acids is 2. The van der Waals surface area contributed by atoms with Gasteiger partial charge >= 0.3 is 10.2 Å². The van der Waals surface area contributed by atoms with Crippen molar-refractivity contribution in [2.75, 3.05) is 31.5 Å². The molecule has 0 fully saturated rings. The zero-order valence-electron chi connectivity index (χ0n) is 18.7. The molecule has 2 rings (SSSR count). The molecule has 0 aliphatic heterocycles. The molecular formula is C22H29ClN4O4S. The first-order valence-corrected chi connectivity index (χ1v) is 11.9. The monoisotopic (exact) mass is 480 g/mol. The summed E-state index contributed by atoms with van der Waals surface area (Å²) in [6.45, 7) is 3.49. The summed E-state index contributed by atoms with van der Waals surface area (Å²) in [4.78, 5) is 27.3. The summed E-state index contributed by atoms with van der Waals surface area (Å²) in [5.41, 5.74) is 1.12. The molecule has 2 amide bonds. The van der Waals surface area contributed by atoms with Gasteiger partial charge in [-0.3, -0.25) is 9.59 Å². The Balaban J connectivity index is 2.40. The summed E-state index contributed by atoms with van der Waals surface area (Å²) in [6, 6.07) is 14.5. The summed E-state index contributed by atoms with van der Waals surface area (Å²) in [7, 11) is -1.15. The van der Waals surface area contributed by atoms with Crippen LogP contribution in [0.5, 0.6) is 0 Å². The predicted octanol–water partition coefficient (Wildman–Crippen LogP) is 2.51. The Labute approximate surface area is 194 Å². The lowest BCUT2D eigenvalue weighted by Crippen LogP contribution is -2.52. The number of para-hydroxylation sites is 1. The number of nitrogens with zero attached hydrogens (tertiary/aromatic N) is 3. The van der Waals surface area contributed by atoms with Crippen molar-refractivity contribution in [1.29, 1.82) is 0 Å². The molecule has 0 saturated carbocycles. The Morgan fingerprint density at radius 3 is 2.16 bits per heavy atom. The van der Waals surface area contributed by atoms with Crippen LogP contribution in [0.2, 0.25) is 5.02 Å². The Morgan fingerprint density at radius 1 is 1.03 bits per heavy atom.